The van der Waals surface area contributed by atoms with Crippen LogP contribution in [0.4, 0.5) is 0 Å². The van der Waals surface area contributed by atoms with E-state index in [0.29, 0.717) is 12.2 Å². The maximum Gasteiger partial charge on any atom is 0.340 e. The molecule has 98 valence electrons. The van der Waals surface area contributed by atoms with Gasteiger partial charge in [0.05, 0.1) is 17.9 Å². The number of aromatic nitrogens is 1. The Kier molecular flexibility index (Phi) is 3.42. The van der Waals surface area contributed by atoms with Gasteiger partial charge in [0.2, 0.25) is 0 Å². The van der Waals surface area contributed by atoms with E-state index in [1.807, 2.05) is 13.0 Å². The van der Waals surface area contributed by atoms with Gasteiger partial charge in [0.15, 0.2) is 0 Å². The predicted octanol–water partition coefficient (Wildman–Crippen LogP) is 3.04. The Balaban J connectivity index is 2.52. The molecule has 0 spiro atoms. The number of carbonyl (C=O) groups excluding carboxylic acids is 1. The molecule has 1 aliphatic carbocycles. The second-order valence-electron chi connectivity index (χ2n) is 5.81. The Labute approximate surface area is 109 Å². The lowest BCUT2D eigenvalue weighted by molar-refractivity contribution is 0.0522. The molecule has 0 N–H and O–H groups in total. The van der Waals surface area contributed by atoms with E-state index in [2.05, 4.69) is 20.8 Å². The van der Waals surface area contributed by atoms with Crippen LogP contribution in [0.1, 0.15) is 61.4 Å². The average molecular weight is 247 g/mol. The van der Waals surface area contributed by atoms with Crippen molar-refractivity contribution in [3.63, 3.8) is 0 Å². The zero-order valence-corrected chi connectivity index (χ0v) is 11.7. The van der Waals surface area contributed by atoms with Crippen LogP contribution in [-0.4, -0.2) is 17.6 Å². The second-order valence-corrected chi connectivity index (χ2v) is 5.81. The van der Waals surface area contributed by atoms with Gasteiger partial charge in [-0.15, -0.1) is 0 Å². The summed E-state index contributed by atoms with van der Waals surface area (Å²) in [6, 6.07) is 1.99. The standard InChI is InChI=1S/C15H21NO2/c1-5-18-14(17)11-9-10-7-6-8-12(10)16-13(11)15(2,3)4/h9H,5-8H2,1-4H3. The summed E-state index contributed by atoms with van der Waals surface area (Å²) in [7, 11) is 0. The number of carbonyl (C=O) groups is 1. The van der Waals surface area contributed by atoms with E-state index in [1.165, 1.54) is 5.56 Å². The Morgan fingerprint density at radius 1 is 1.39 bits per heavy atom. The van der Waals surface area contributed by atoms with Crippen molar-refractivity contribution in [2.45, 2.75) is 52.4 Å². The number of nitrogens with zero attached hydrogens (tertiary/aromatic N) is 1. The first kappa shape index (κ1) is 13.1. The smallest absolute Gasteiger partial charge is 0.340 e. The summed E-state index contributed by atoms with van der Waals surface area (Å²) in [4.78, 5) is 16.8. The van der Waals surface area contributed by atoms with E-state index in [4.69, 9.17) is 9.72 Å². The summed E-state index contributed by atoms with van der Waals surface area (Å²) in [6.45, 7) is 8.48. The fraction of sp³-hybridized carbons (Fsp3) is 0.600. The van der Waals surface area contributed by atoms with Crippen molar-refractivity contribution < 1.29 is 9.53 Å². The fourth-order valence-electron chi connectivity index (χ4n) is 2.41. The van der Waals surface area contributed by atoms with Crippen molar-refractivity contribution in [3.05, 3.63) is 28.6 Å². The second kappa shape index (κ2) is 4.71. The predicted molar refractivity (Wildman–Crippen MR) is 70.9 cm³/mol. The highest BCUT2D eigenvalue weighted by Gasteiger charge is 2.27. The van der Waals surface area contributed by atoms with Crippen LogP contribution in [0.5, 0.6) is 0 Å². The van der Waals surface area contributed by atoms with E-state index >= 15 is 0 Å². The van der Waals surface area contributed by atoms with Crippen molar-refractivity contribution in [1.82, 2.24) is 4.98 Å². The number of hydrogen-bond acceptors (Lipinski definition) is 3. The summed E-state index contributed by atoms with van der Waals surface area (Å²) in [5, 5.41) is 0. The number of aryl methyl sites for hydroxylation is 2. The van der Waals surface area contributed by atoms with Gasteiger partial charge in [-0.2, -0.15) is 0 Å². The number of ether oxygens (including phenoxy) is 1. The number of esters is 1. The molecular formula is C15H21NO2. The van der Waals surface area contributed by atoms with Gasteiger partial charge in [-0.25, -0.2) is 4.79 Å². The highest BCUT2D eigenvalue weighted by atomic mass is 16.5. The highest BCUT2D eigenvalue weighted by molar-refractivity contribution is 5.91. The molecule has 0 amide bonds. The SMILES string of the molecule is CCOC(=O)c1cc2c(nc1C(C)(C)C)CCC2. The summed E-state index contributed by atoms with van der Waals surface area (Å²) < 4.78 is 5.14. The Morgan fingerprint density at radius 3 is 2.72 bits per heavy atom. The molecule has 1 aliphatic rings. The van der Waals surface area contributed by atoms with Gasteiger partial charge in [-0.3, -0.25) is 4.98 Å². The average Bonchev–Trinajstić information content (AvgIpc) is 2.73. The Morgan fingerprint density at radius 2 is 2.11 bits per heavy atom. The summed E-state index contributed by atoms with van der Waals surface area (Å²) in [6.07, 6.45) is 3.19. The van der Waals surface area contributed by atoms with E-state index in [-0.39, 0.29) is 11.4 Å². The number of rotatable bonds is 2. The molecule has 1 aromatic rings. The molecule has 1 aromatic heterocycles. The van der Waals surface area contributed by atoms with Gasteiger partial charge in [-0.1, -0.05) is 20.8 Å². The molecule has 3 heteroatoms. The Hall–Kier alpha value is -1.38. The van der Waals surface area contributed by atoms with Gasteiger partial charge < -0.3 is 4.74 Å². The van der Waals surface area contributed by atoms with Crippen LogP contribution in [0.2, 0.25) is 0 Å². The first-order valence-corrected chi connectivity index (χ1v) is 6.64. The molecule has 0 atom stereocenters. The quantitative estimate of drug-likeness (QED) is 0.754. The van der Waals surface area contributed by atoms with Crippen molar-refractivity contribution in [2.75, 3.05) is 6.61 Å². The molecule has 0 saturated carbocycles. The lowest BCUT2D eigenvalue weighted by atomic mass is 9.87. The normalized spacial score (nSPS) is 14.4. The molecule has 0 radical (unpaired) electrons. The van der Waals surface area contributed by atoms with E-state index in [9.17, 15) is 4.79 Å². The maximum absolute atomic E-state index is 12.0. The molecule has 0 saturated heterocycles. The maximum atomic E-state index is 12.0. The summed E-state index contributed by atoms with van der Waals surface area (Å²) in [5.41, 5.74) is 3.74. The molecule has 3 nitrogen and oxygen atoms in total. The van der Waals surface area contributed by atoms with E-state index < -0.39 is 0 Å². The monoisotopic (exact) mass is 247 g/mol. The lowest BCUT2D eigenvalue weighted by Gasteiger charge is -2.22. The van der Waals surface area contributed by atoms with Crippen LogP contribution in [0, 0.1) is 0 Å². The van der Waals surface area contributed by atoms with Crippen molar-refractivity contribution in [1.29, 1.82) is 0 Å². The van der Waals surface area contributed by atoms with Crippen LogP contribution < -0.4 is 0 Å². The van der Waals surface area contributed by atoms with Crippen LogP contribution >= 0.6 is 0 Å². The van der Waals surface area contributed by atoms with Crippen LogP contribution in [0.15, 0.2) is 6.07 Å². The molecule has 0 aliphatic heterocycles. The zero-order chi connectivity index (χ0) is 13.3. The first-order valence-electron chi connectivity index (χ1n) is 6.64. The molecule has 0 unspecified atom stereocenters. The third kappa shape index (κ3) is 2.40. The van der Waals surface area contributed by atoms with Crippen molar-refractivity contribution in [3.8, 4) is 0 Å². The van der Waals surface area contributed by atoms with Gasteiger partial charge in [0, 0.05) is 11.1 Å². The first-order chi connectivity index (χ1) is 8.43. The molecule has 1 heterocycles. The van der Waals surface area contributed by atoms with E-state index in [0.717, 1.165) is 30.7 Å². The van der Waals surface area contributed by atoms with Gasteiger partial charge in [0.1, 0.15) is 0 Å². The number of hydrogen-bond donors (Lipinski definition) is 0. The van der Waals surface area contributed by atoms with Gasteiger partial charge >= 0.3 is 5.97 Å². The minimum absolute atomic E-state index is 0.139. The molecule has 0 bridgehead atoms. The molecular weight excluding hydrogens is 226 g/mol. The van der Waals surface area contributed by atoms with Crippen LogP contribution in [-0.2, 0) is 23.0 Å². The van der Waals surface area contributed by atoms with Gasteiger partial charge in [-0.05, 0) is 37.8 Å². The zero-order valence-electron chi connectivity index (χ0n) is 11.7. The third-order valence-electron chi connectivity index (χ3n) is 3.26. The number of fused-ring (bicyclic) bond motifs is 1. The van der Waals surface area contributed by atoms with Crippen LogP contribution in [0.3, 0.4) is 0 Å². The topological polar surface area (TPSA) is 39.2 Å². The third-order valence-corrected chi connectivity index (χ3v) is 3.26. The fourth-order valence-corrected chi connectivity index (χ4v) is 2.41. The molecule has 2 rings (SSSR count). The Bertz CT molecular complexity index is 472. The van der Waals surface area contributed by atoms with Crippen molar-refractivity contribution >= 4 is 5.97 Å². The molecule has 0 aromatic carbocycles. The van der Waals surface area contributed by atoms with E-state index in [1.54, 1.807) is 0 Å². The molecule has 18 heavy (non-hydrogen) atoms. The minimum atomic E-state index is -0.246. The minimum Gasteiger partial charge on any atom is -0.462 e. The summed E-state index contributed by atoms with van der Waals surface area (Å²) >= 11 is 0. The largest absolute Gasteiger partial charge is 0.462 e. The van der Waals surface area contributed by atoms with Crippen molar-refractivity contribution in [2.24, 2.45) is 0 Å². The number of pyridine rings is 1. The summed E-state index contributed by atoms with van der Waals surface area (Å²) in [5.74, 6) is -0.246. The lowest BCUT2D eigenvalue weighted by Crippen LogP contribution is -2.21. The highest BCUT2D eigenvalue weighted by Crippen LogP contribution is 2.30. The van der Waals surface area contributed by atoms with Crippen LogP contribution in [0.25, 0.3) is 0 Å². The van der Waals surface area contributed by atoms with Gasteiger partial charge in [0.25, 0.3) is 0 Å². The molecule has 0 fully saturated rings.